The number of nitrogens with zero attached hydrogens (tertiary/aromatic N) is 2. The summed E-state index contributed by atoms with van der Waals surface area (Å²) in [5.41, 5.74) is 3.13. The van der Waals surface area contributed by atoms with E-state index in [9.17, 15) is 9.59 Å². The molecule has 0 saturated heterocycles. The summed E-state index contributed by atoms with van der Waals surface area (Å²) in [6.45, 7) is 5.63. The molecule has 0 unspecified atom stereocenters. The molecule has 29 heavy (non-hydrogen) atoms. The molecule has 0 aliphatic heterocycles. The summed E-state index contributed by atoms with van der Waals surface area (Å²) in [7, 11) is 1.57. The van der Waals surface area contributed by atoms with E-state index in [4.69, 9.17) is 9.47 Å². The first-order valence-electron chi connectivity index (χ1n) is 9.23. The first-order chi connectivity index (χ1) is 13.9. The fourth-order valence-corrected chi connectivity index (χ4v) is 2.92. The number of carbonyl (C=O) groups is 2. The molecule has 150 valence electrons. The van der Waals surface area contributed by atoms with Gasteiger partial charge in [-0.1, -0.05) is 17.7 Å². The summed E-state index contributed by atoms with van der Waals surface area (Å²) < 4.78 is 11.8. The van der Waals surface area contributed by atoms with Crippen molar-refractivity contribution in [2.45, 2.75) is 20.8 Å². The van der Waals surface area contributed by atoms with Gasteiger partial charge in [0.2, 0.25) is 0 Å². The van der Waals surface area contributed by atoms with Gasteiger partial charge in [-0.3, -0.25) is 4.79 Å². The first kappa shape index (κ1) is 20.1. The molecule has 1 heterocycles. The van der Waals surface area contributed by atoms with E-state index in [0.717, 1.165) is 11.3 Å². The van der Waals surface area contributed by atoms with Gasteiger partial charge in [-0.25, -0.2) is 9.48 Å². The number of anilines is 1. The molecule has 0 aliphatic carbocycles. The average molecular weight is 393 g/mol. The second-order valence-electron chi connectivity index (χ2n) is 6.46. The number of carbonyl (C=O) groups excluding carboxylic acids is 2. The minimum Gasteiger partial charge on any atom is -0.497 e. The van der Waals surface area contributed by atoms with E-state index < -0.39 is 11.9 Å². The van der Waals surface area contributed by atoms with Gasteiger partial charge in [0.25, 0.3) is 5.91 Å². The molecule has 0 spiro atoms. The van der Waals surface area contributed by atoms with Crippen LogP contribution in [0.15, 0.2) is 48.5 Å². The Balaban J connectivity index is 2.01. The van der Waals surface area contributed by atoms with Crippen molar-refractivity contribution in [2.75, 3.05) is 19.0 Å². The van der Waals surface area contributed by atoms with Crippen LogP contribution in [0.3, 0.4) is 0 Å². The van der Waals surface area contributed by atoms with Gasteiger partial charge in [-0.05, 0) is 57.2 Å². The minimum atomic E-state index is -0.638. The van der Waals surface area contributed by atoms with Gasteiger partial charge in [0.1, 0.15) is 5.75 Å². The number of benzene rings is 2. The van der Waals surface area contributed by atoms with Crippen molar-refractivity contribution in [1.82, 2.24) is 9.78 Å². The second kappa shape index (κ2) is 8.60. The Morgan fingerprint density at radius 3 is 2.28 bits per heavy atom. The molecule has 7 nitrogen and oxygen atoms in total. The fraction of sp³-hybridized carbons (Fsp3) is 0.227. The lowest BCUT2D eigenvalue weighted by Crippen LogP contribution is -2.17. The standard InChI is InChI=1S/C22H23N3O4/c1-5-29-22(27)20-19(21(26)23-16-8-12-18(28-4)13-9-16)15(3)25(24-20)17-10-6-14(2)7-11-17/h6-13H,5H2,1-4H3,(H,23,26). The van der Waals surface area contributed by atoms with E-state index >= 15 is 0 Å². The number of nitrogens with one attached hydrogen (secondary N) is 1. The van der Waals surface area contributed by atoms with E-state index in [0.29, 0.717) is 17.1 Å². The number of aryl methyl sites for hydroxylation is 1. The Bertz CT molecular complexity index is 1020. The summed E-state index contributed by atoms with van der Waals surface area (Å²) >= 11 is 0. The van der Waals surface area contributed by atoms with Crippen molar-refractivity contribution in [1.29, 1.82) is 0 Å². The minimum absolute atomic E-state index is 0.0177. The van der Waals surface area contributed by atoms with Crippen LogP contribution in [0.4, 0.5) is 5.69 Å². The van der Waals surface area contributed by atoms with Gasteiger partial charge in [-0.2, -0.15) is 5.10 Å². The molecule has 7 heteroatoms. The van der Waals surface area contributed by atoms with Gasteiger partial charge < -0.3 is 14.8 Å². The first-order valence-corrected chi connectivity index (χ1v) is 9.23. The molecule has 1 N–H and O–H groups in total. The van der Waals surface area contributed by atoms with Gasteiger partial charge in [0, 0.05) is 5.69 Å². The predicted molar refractivity (Wildman–Crippen MR) is 110 cm³/mol. The van der Waals surface area contributed by atoms with Crippen LogP contribution < -0.4 is 10.1 Å². The zero-order valence-corrected chi connectivity index (χ0v) is 16.9. The van der Waals surface area contributed by atoms with Crippen molar-refractivity contribution in [3.8, 4) is 11.4 Å². The van der Waals surface area contributed by atoms with Gasteiger partial charge in [0.15, 0.2) is 5.69 Å². The number of esters is 1. The molecule has 0 saturated carbocycles. The zero-order chi connectivity index (χ0) is 21.0. The van der Waals surface area contributed by atoms with Crippen LogP contribution in [0, 0.1) is 13.8 Å². The van der Waals surface area contributed by atoms with Crippen molar-refractivity contribution in [3.63, 3.8) is 0 Å². The van der Waals surface area contributed by atoms with Crippen molar-refractivity contribution >= 4 is 17.6 Å². The molecule has 1 amide bonds. The Labute approximate surface area is 169 Å². The van der Waals surface area contributed by atoms with E-state index in [2.05, 4.69) is 10.4 Å². The van der Waals surface area contributed by atoms with Crippen molar-refractivity contribution < 1.29 is 19.1 Å². The molecule has 1 aromatic heterocycles. The van der Waals surface area contributed by atoms with E-state index in [-0.39, 0.29) is 17.9 Å². The Morgan fingerprint density at radius 2 is 1.69 bits per heavy atom. The van der Waals surface area contributed by atoms with Crippen LogP contribution in [0.25, 0.3) is 5.69 Å². The molecular weight excluding hydrogens is 370 g/mol. The van der Waals surface area contributed by atoms with Crippen LogP contribution in [0.2, 0.25) is 0 Å². The lowest BCUT2D eigenvalue weighted by Gasteiger charge is -2.08. The third-order valence-electron chi connectivity index (χ3n) is 4.44. The van der Waals surface area contributed by atoms with Gasteiger partial charge >= 0.3 is 5.97 Å². The van der Waals surface area contributed by atoms with E-state index in [1.54, 1.807) is 49.9 Å². The maximum Gasteiger partial charge on any atom is 0.359 e. The lowest BCUT2D eigenvalue weighted by molar-refractivity contribution is 0.0516. The smallest absolute Gasteiger partial charge is 0.359 e. The van der Waals surface area contributed by atoms with E-state index in [1.165, 1.54) is 0 Å². The highest BCUT2D eigenvalue weighted by Crippen LogP contribution is 2.22. The summed E-state index contributed by atoms with van der Waals surface area (Å²) in [6, 6.07) is 14.6. The largest absolute Gasteiger partial charge is 0.497 e. The molecule has 0 fully saturated rings. The topological polar surface area (TPSA) is 82.5 Å². The van der Waals surface area contributed by atoms with Crippen LogP contribution >= 0.6 is 0 Å². The van der Waals surface area contributed by atoms with Gasteiger partial charge in [-0.15, -0.1) is 0 Å². The molecule has 3 rings (SSSR count). The Morgan fingerprint density at radius 1 is 1.03 bits per heavy atom. The third-order valence-corrected chi connectivity index (χ3v) is 4.44. The predicted octanol–water partition coefficient (Wildman–Crippen LogP) is 3.93. The Kier molecular flexibility index (Phi) is 5.97. The fourth-order valence-electron chi connectivity index (χ4n) is 2.92. The number of ether oxygens (including phenoxy) is 2. The molecule has 3 aromatic rings. The summed E-state index contributed by atoms with van der Waals surface area (Å²) in [5, 5.41) is 7.19. The number of methoxy groups -OCH3 is 1. The highest BCUT2D eigenvalue weighted by atomic mass is 16.5. The SMILES string of the molecule is CCOC(=O)c1nn(-c2ccc(C)cc2)c(C)c1C(=O)Nc1ccc(OC)cc1. The van der Waals surface area contributed by atoms with Crippen molar-refractivity contribution in [2.24, 2.45) is 0 Å². The third kappa shape index (κ3) is 4.29. The summed E-state index contributed by atoms with van der Waals surface area (Å²) in [4.78, 5) is 25.5. The van der Waals surface area contributed by atoms with Gasteiger partial charge in [0.05, 0.1) is 30.7 Å². The number of hydrogen-bond donors (Lipinski definition) is 1. The molecule has 0 radical (unpaired) electrons. The molecule has 0 bridgehead atoms. The average Bonchev–Trinajstić information content (AvgIpc) is 3.07. The maximum atomic E-state index is 13.0. The molecule has 2 aromatic carbocycles. The van der Waals surface area contributed by atoms with Crippen molar-refractivity contribution in [3.05, 3.63) is 71.0 Å². The van der Waals surface area contributed by atoms with Crippen LogP contribution in [0.1, 0.15) is 39.0 Å². The maximum absolute atomic E-state index is 13.0. The normalized spacial score (nSPS) is 10.5. The zero-order valence-electron chi connectivity index (χ0n) is 16.9. The van der Waals surface area contributed by atoms with Crippen LogP contribution in [0.5, 0.6) is 5.75 Å². The lowest BCUT2D eigenvalue weighted by atomic mass is 10.1. The molecule has 0 atom stereocenters. The number of hydrogen-bond acceptors (Lipinski definition) is 5. The quantitative estimate of drug-likeness (QED) is 0.642. The number of aromatic nitrogens is 2. The number of rotatable bonds is 6. The summed E-state index contributed by atoms with van der Waals surface area (Å²) in [5.74, 6) is -0.394. The van der Waals surface area contributed by atoms with Crippen LogP contribution in [-0.2, 0) is 4.74 Å². The molecular formula is C22H23N3O4. The van der Waals surface area contributed by atoms with E-state index in [1.807, 2.05) is 31.2 Å². The second-order valence-corrected chi connectivity index (χ2v) is 6.46. The van der Waals surface area contributed by atoms with Crippen LogP contribution in [-0.4, -0.2) is 35.4 Å². The highest BCUT2D eigenvalue weighted by molar-refractivity contribution is 6.11. The Hall–Kier alpha value is -3.61. The highest BCUT2D eigenvalue weighted by Gasteiger charge is 2.27. The monoisotopic (exact) mass is 393 g/mol. The number of amides is 1. The summed E-state index contributed by atoms with van der Waals surface area (Å²) in [6.07, 6.45) is 0. The molecule has 0 aliphatic rings.